The Bertz CT molecular complexity index is 554. The average molecular weight is 272 g/mol. The molecule has 2 aromatic rings. The molecule has 1 amide bonds. The Labute approximate surface area is 118 Å². The number of pyridine rings is 1. The highest BCUT2D eigenvalue weighted by atomic mass is 19.1. The lowest BCUT2D eigenvalue weighted by Crippen LogP contribution is -2.30. The van der Waals surface area contributed by atoms with Gasteiger partial charge in [-0.25, -0.2) is 4.39 Å². The number of rotatable bonds is 5. The average Bonchev–Trinajstić information content (AvgIpc) is 2.46. The van der Waals surface area contributed by atoms with Gasteiger partial charge in [0.1, 0.15) is 5.82 Å². The number of benzene rings is 1. The van der Waals surface area contributed by atoms with Gasteiger partial charge in [-0.2, -0.15) is 0 Å². The Balaban J connectivity index is 1.97. The van der Waals surface area contributed by atoms with E-state index in [1.54, 1.807) is 30.2 Å². The molecule has 2 rings (SSSR count). The summed E-state index contributed by atoms with van der Waals surface area (Å²) in [5, 5.41) is 0. The maximum Gasteiger partial charge on any atom is 0.219 e. The molecule has 3 nitrogen and oxygen atoms in total. The van der Waals surface area contributed by atoms with Crippen LogP contribution in [0.25, 0.3) is 0 Å². The van der Waals surface area contributed by atoms with Crippen molar-refractivity contribution < 1.29 is 9.18 Å². The largest absolute Gasteiger partial charge is 0.338 e. The second kappa shape index (κ2) is 6.80. The van der Waals surface area contributed by atoms with Crippen LogP contribution in [0, 0.1) is 5.82 Å². The van der Waals surface area contributed by atoms with Crippen LogP contribution in [-0.2, 0) is 17.8 Å². The molecule has 1 aromatic heterocycles. The fourth-order valence-electron chi connectivity index (χ4n) is 1.95. The van der Waals surface area contributed by atoms with E-state index in [0.717, 1.165) is 11.3 Å². The molecule has 0 saturated carbocycles. The van der Waals surface area contributed by atoms with E-state index in [1.165, 1.54) is 12.1 Å². The lowest BCUT2D eigenvalue weighted by atomic mass is 10.2. The number of amides is 1. The van der Waals surface area contributed by atoms with E-state index in [9.17, 15) is 9.18 Å². The van der Waals surface area contributed by atoms with Crippen molar-refractivity contribution in [2.75, 3.05) is 6.54 Å². The van der Waals surface area contributed by atoms with Gasteiger partial charge in [-0.05, 0) is 29.8 Å². The number of carbonyl (C=O) groups excluding carboxylic acids is 1. The minimum atomic E-state index is -0.267. The van der Waals surface area contributed by atoms with E-state index < -0.39 is 0 Å². The molecule has 0 aliphatic rings. The smallest absolute Gasteiger partial charge is 0.219 e. The van der Waals surface area contributed by atoms with Crippen molar-refractivity contribution in [3.05, 3.63) is 65.7 Å². The van der Waals surface area contributed by atoms with Crippen molar-refractivity contribution >= 4 is 5.91 Å². The first-order chi connectivity index (χ1) is 9.65. The number of hydrogen-bond donors (Lipinski definition) is 0. The molecule has 0 aliphatic carbocycles. The van der Waals surface area contributed by atoms with Crippen molar-refractivity contribution in [3.63, 3.8) is 0 Å². The third-order valence-electron chi connectivity index (χ3n) is 3.10. The lowest BCUT2D eigenvalue weighted by Gasteiger charge is -2.21. The molecule has 20 heavy (non-hydrogen) atoms. The van der Waals surface area contributed by atoms with Gasteiger partial charge < -0.3 is 4.90 Å². The summed E-state index contributed by atoms with van der Waals surface area (Å²) in [5.41, 5.74) is 1.88. The summed E-state index contributed by atoms with van der Waals surface area (Å²) < 4.78 is 12.9. The van der Waals surface area contributed by atoms with E-state index in [2.05, 4.69) is 4.98 Å². The van der Waals surface area contributed by atoms with E-state index >= 15 is 0 Å². The number of aromatic nitrogens is 1. The number of hydrogen-bond acceptors (Lipinski definition) is 2. The first-order valence-electron chi connectivity index (χ1n) is 6.55. The quantitative estimate of drug-likeness (QED) is 0.838. The van der Waals surface area contributed by atoms with E-state index in [1.807, 2.05) is 18.2 Å². The Morgan fingerprint density at radius 3 is 2.55 bits per heavy atom. The van der Waals surface area contributed by atoms with Gasteiger partial charge in [-0.3, -0.25) is 9.78 Å². The van der Waals surface area contributed by atoms with Gasteiger partial charge in [-0.15, -0.1) is 0 Å². The Kier molecular flexibility index (Phi) is 4.82. The van der Waals surface area contributed by atoms with Crippen molar-refractivity contribution in [2.24, 2.45) is 0 Å². The second-order valence-electron chi connectivity index (χ2n) is 4.64. The summed E-state index contributed by atoms with van der Waals surface area (Å²) in [6, 6.07) is 12.0. The van der Waals surface area contributed by atoms with Gasteiger partial charge in [0.2, 0.25) is 5.91 Å². The zero-order chi connectivity index (χ0) is 14.4. The van der Waals surface area contributed by atoms with Gasteiger partial charge >= 0.3 is 0 Å². The molecular formula is C16H17FN2O. The van der Waals surface area contributed by atoms with Crippen molar-refractivity contribution in [1.82, 2.24) is 9.88 Å². The highest BCUT2D eigenvalue weighted by Gasteiger charge is 2.10. The monoisotopic (exact) mass is 272 g/mol. The highest BCUT2D eigenvalue weighted by molar-refractivity contribution is 5.73. The molecule has 1 aromatic carbocycles. The van der Waals surface area contributed by atoms with Crippen LogP contribution in [0.3, 0.4) is 0 Å². The Morgan fingerprint density at radius 2 is 1.95 bits per heavy atom. The van der Waals surface area contributed by atoms with Crippen LogP contribution in [0.4, 0.5) is 4.39 Å². The van der Waals surface area contributed by atoms with Crippen LogP contribution in [0.1, 0.15) is 18.2 Å². The molecule has 0 bridgehead atoms. The molecule has 0 fully saturated rings. The number of carbonyl (C=O) groups is 1. The van der Waals surface area contributed by atoms with Crippen molar-refractivity contribution in [3.8, 4) is 0 Å². The normalized spacial score (nSPS) is 10.3. The van der Waals surface area contributed by atoms with Crippen LogP contribution in [0.2, 0.25) is 0 Å². The Morgan fingerprint density at radius 1 is 1.20 bits per heavy atom. The van der Waals surface area contributed by atoms with Crippen LogP contribution < -0.4 is 0 Å². The molecule has 0 radical (unpaired) electrons. The summed E-state index contributed by atoms with van der Waals surface area (Å²) >= 11 is 0. The van der Waals surface area contributed by atoms with Gasteiger partial charge in [0.15, 0.2) is 0 Å². The van der Waals surface area contributed by atoms with Crippen molar-refractivity contribution in [2.45, 2.75) is 19.9 Å². The van der Waals surface area contributed by atoms with Gasteiger partial charge in [0.25, 0.3) is 0 Å². The number of nitrogens with zero attached hydrogens (tertiary/aromatic N) is 2. The third-order valence-corrected chi connectivity index (χ3v) is 3.10. The zero-order valence-electron chi connectivity index (χ0n) is 11.4. The minimum Gasteiger partial charge on any atom is -0.338 e. The molecule has 104 valence electrons. The topological polar surface area (TPSA) is 33.2 Å². The fourth-order valence-corrected chi connectivity index (χ4v) is 1.95. The standard InChI is InChI=1S/C16H17FN2O/c1-13(20)19(11-9-16-4-2-3-10-18-16)12-14-5-7-15(17)8-6-14/h2-8,10H,9,11-12H2,1H3. The predicted octanol–water partition coefficient (Wildman–Crippen LogP) is 2.81. The second-order valence-corrected chi connectivity index (χ2v) is 4.64. The molecule has 0 N–H and O–H groups in total. The predicted molar refractivity (Wildman–Crippen MR) is 75.4 cm³/mol. The first-order valence-corrected chi connectivity index (χ1v) is 6.55. The van der Waals surface area contributed by atoms with Gasteiger partial charge in [-0.1, -0.05) is 18.2 Å². The summed E-state index contributed by atoms with van der Waals surface area (Å²) in [7, 11) is 0. The molecule has 0 aliphatic heterocycles. The minimum absolute atomic E-state index is 0.00487. The summed E-state index contributed by atoms with van der Waals surface area (Å²) in [6.45, 7) is 2.63. The van der Waals surface area contributed by atoms with Crippen LogP contribution >= 0.6 is 0 Å². The zero-order valence-corrected chi connectivity index (χ0v) is 11.4. The van der Waals surface area contributed by atoms with Crippen LogP contribution in [0.5, 0.6) is 0 Å². The molecule has 0 spiro atoms. The maximum absolute atomic E-state index is 12.9. The van der Waals surface area contributed by atoms with Crippen LogP contribution in [0.15, 0.2) is 48.7 Å². The summed E-state index contributed by atoms with van der Waals surface area (Å²) in [5.74, 6) is -0.262. The third kappa shape index (κ3) is 4.16. The summed E-state index contributed by atoms with van der Waals surface area (Å²) in [4.78, 5) is 17.6. The first kappa shape index (κ1) is 14.2. The van der Waals surface area contributed by atoms with Gasteiger partial charge in [0, 0.05) is 38.3 Å². The lowest BCUT2D eigenvalue weighted by molar-refractivity contribution is -0.129. The summed E-state index contributed by atoms with van der Waals surface area (Å²) in [6.07, 6.45) is 2.45. The SMILES string of the molecule is CC(=O)N(CCc1ccccn1)Cc1ccc(F)cc1. The van der Waals surface area contributed by atoms with Gasteiger partial charge in [0.05, 0.1) is 0 Å². The molecule has 1 heterocycles. The molecular weight excluding hydrogens is 255 g/mol. The highest BCUT2D eigenvalue weighted by Crippen LogP contribution is 2.08. The van der Waals surface area contributed by atoms with E-state index in [0.29, 0.717) is 19.5 Å². The number of halogens is 1. The van der Waals surface area contributed by atoms with E-state index in [-0.39, 0.29) is 11.7 Å². The maximum atomic E-state index is 12.9. The van der Waals surface area contributed by atoms with Crippen molar-refractivity contribution in [1.29, 1.82) is 0 Å². The van der Waals surface area contributed by atoms with Crippen LogP contribution in [-0.4, -0.2) is 22.3 Å². The molecule has 0 saturated heterocycles. The Hall–Kier alpha value is -2.23. The fraction of sp³-hybridized carbons (Fsp3) is 0.250. The molecule has 0 atom stereocenters. The van der Waals surface area contributed by atoms with E-state index in [4.69, 9.17) is 0 Å². The molecule has 0 unspecified atom stereocenters. The molecule has 4 heteroatoms.